The Morgan fingerprint density at radius 3 is 2.40 bits per heavy atom. The fourth-order valence-electron chi connectivity index (χ4n) is 3.46. The van der Waals surface area contributed by atoms with Gasteiger partial charge in [0.1, 0.15) is 11.2 Å². The third-order valence-corrected chi connectivity index (χ3v) is 5.96. The highest BCUT2D eigenvalue weighted by Crippen LogP contribution is 2.18. The maximum Gasteiger partial charge on any atom is 0.336 e. The molecule has 7 heteroatoms. The largest absolute Gasteiger partial charge is 0.336 e. The van der Waals surface area contributed by atoms with E-state index in [1.807, 2.05) is 44.2 Å². The van der Waals surface area contributed by atoms with Gasteiger partial charge in [0, 0.05) is 12.7 Å². The van der Waals surface area contributed by atoms with Gasteiger partial charge in [0.25, 0.3) is 5.56 Å². The van der Waals surface area contributed by atoms with Crippen LogP contribution in [-0.4, -0.2) is 22.1 Å². The molecular weight excluding hydrogens is 398 g/mol. The van der Waals surface area contributed by atoms with Crippen molar-refractivity contribution in [1.82, 2.24) is 9.13 Å². The summed E-state index contributed by atoms with van der Waals surface area (Å²) in [5.41, 5.74) is 2.80. The number of carbonyl (C=O) groups excluding carboxylic acids is 1. The predicted molar refractivity (Wildman–Crippen MR) is 121 cm³/mol. The quantitative estimate of drug-likeness (QED) is 0.509. The molecule has 0 fully saturated rings. The monoisotopic (exact) mass is 419 g/mol. The van der Waals surface area contributed by atoms with Crippen LogP contribution in [0.2, 0.25) is 0 Å². The SMILES string of the molecule is Cc1cccc(N(C)C(=O)Cn2c(=O)n(-c3cccc(C)c3)c(=O)c3sccc32)c1. The number of carbonyl (C=O) groups is 1. The Balaban J connectivity index is 1.83. The van der Waals surface area contributed by atoms with Gasteiger partial charge in [0.2, 0.25) is 5.91 Å². The fourth-order valence-corrected chi connectivity index (χ4v) is 4.28. The average molecular weight is 420 g/mol. The minimum atomic E-state index is -0.525. The highest BCUT2D eigenvalue weighted by atomic mass is 32.1. The number of hydrogen-bond acceptors (Lipinski definition) is 4. The van der Waals surface area contributed by atoms with Crippen molar-refractivity contribution in [2.45, 2.75) is 20.4 Å². The van der Waals surface area contributed by atoms with E-state index in [1.165, 1.54) is 20.8 Å². The van der Waals surface area contributed by atoms with Crippen LogP contribution in [-0.2, 0) is 11.3 Å². The summed E-state index contributed by atoms with van der Waals surface area (Å²) < 4.78 is 2.97. The number of amides is 1. The van der Waals surface area contributed by atoms with Crippen LogP contribution in [0.5, 0.6) is 0 Å². The molecule has 152 valence electrons. The van der Waals surface area contributed by atoms with Crippen molar-refractivity contribution in [1.29, 1.82) is 0 Å². The van der Waals surface area contributed by atoms with E-state index in [1.54, 1.807) is 36.7 Å². The first-order valence-corrected chi connectivity index (χ1v) is 10.4. The smallest absolute Gasteiger partial charge is 0.314 e. The van der Waals surface area contributed by atoms with Crippen molar-refractivity contribution in [2.75, 3.05) is 11.9 Å². The zero-order valence-corrected chi connectivity index (χ0v) is 17.8. The van der Waals surface area contributed by atoms with E-state index in [9.17, 15) is 14.4 Å². The zero-order valence-electron chi connectivity index (χ0n) is 17.0. The molecule has 0 aliphatic carbocycles. The number of aromatic nitrogens is 2. The summed E-state index contributed by atoms with van der Waals surface area (Å²) in [5, 5.41) is 1.76. The van der Waals surface area contributed by atoms with Crippen LogP contribution in [0, 0.1) is 13.8 Å². The molecule has 0 spiro atoms. The standard InChI is InChI=1S/C23H21N3O3S/c1-15-6-4-8-17(12-15)24(3)20(27)14-25-19-10-11-30-21(19)22(28)26(23(25)29)18-9-5-7-16(2)13-18/h4-13H,14H2,1-3H3. The molecule has 0 saturated heterocycles. The summed E-state index contributed by atoms with van der Waals surface area (Å²) in [5.74, 6) is -0.246. The number of hydrogen-bond donors (Lipinski definition) is 0. The molecule has 4 aromatic rings. The Morgan fingerprint density at radius 1 is 1.00 bits per heavy atom. The molecule has 0 aliphatic heterocycles. The van der Waals surface area contributed by atoms with E-state index in [-0.39, 0.29) is 18.0 Å². The molecule has 0 N–H and O–H groups in total. The normalized spacial score (nSPS) is 11.0. The summed E-state index contributed by atoms with van der Waals surface area (Å²) in [6.45, 7) is 3.69. The average Bonchev–Trinajstić information content (AvgIpc) is 3.21. The second-order valence-electron chi connectivity index (χ2n) is 7.28. The Hall–Kier alpha value is -3.45. The number of aryl methyl sites for hydroxylation is 2. The third kappa shape index (κ3) is 3.48. The number of likely N-dealkylation sites (N-methyl/N-ethyl adjacent to an activating group) is 1. The number of nitrogens with zero attached hydrogens (tertiary/aromatic N) is 3. The molecule has 0 radical (unpaired) electrons. The summed E-state index contributed by atoms with van der Waals surface area (Å²) in [4.78, 5) is 40.9. The topological polar surface area (TPSA) is 64.3 Å². The van der Waals surface area contributed by atoms with Crippen molar-refractivity contribution < 1.29 is 4.79 Å². The van der Waals surface area contributed by atoms with E-state index in [4.69, 9.17) is 0 Å². The highest BCUT2D eigenvalue weighted by molar-refractivity contribution is 7.17. The molecule has 0 unspecified atom stereocenters. The number of rotatable bonds is 4. The van der Waals surface area contributed by atoms with Gasteiger partial charge >= 0.3 is 5.69 Å². The second kappa shape index (κ2) is 7.76. The summed E-state index contributed by atoms with van der Waals surface area (Å²) in [6.07, 6.45) is 0. The molecule has 0 atom stereocenters. The van der Waals surface area contributed by atoms with E-state index in [2.05, 4.69) is 0 Å². The molecule has 4 rings (SSSR count). The first-order valence-electron chi connectivity index (χ1n) is 9.50. The lowest BCUT2D eigenvalue weighted by Crippen LogP contribution is -2.41. The van der Waals surface area contributed by atoms with Gasteiger partial charge in [-0.3, -0.25) is 14.2 Å². The zero-order chi connectivity index (χ0) is 21.4. The van der Waals surface area contributed by atoms with Crippen molar-refractivity contribution in [3.63, 3.8) is 0 Å². The minimum Gasteiger partial charge on any atom is -0.314 e. The maximum atomic E-state index is 13.3. The van der Waals surface area contributed by atoms with Gasteiger partial charge in [-0.15, -0.1) is 11.3 Å². The van der Waals surface area contributed by atoms with Crippen molar-refractivity contribution >= 4 is 33.1 Å². The lowest BCUT2D eigenvalue weighted by atomic mass is 10.2. The summed E-state index contributed by atoms with van der Waals surface area (Å²) in [6, 6.07) is 16.5. The molecule has 30 heavy (non-hydrogen) atoms. The Kier molecular flexibility index (Phi) is 5.13. The minimum absolute atomic E-state index is 0.164. The van der Waals surface area contributed by atoms with Crippen molar-refractivity contribution in [3.8, 4) is 5.69 Å². The molecule has 0 aliphatic rings. The van der Waals surface area contributed by atoms with E-state index >= 15 is 0 Å². The Labute approximate surface area is 177 Å². The van der Waals surface area contributed by atoms with Crippen LogP contribution in [0.15, 0.2) is 69.6 Å². The van der Waals surface area contributed by atoms with Crippen LogP contribution in [0.1, 0.15) is 11.1 Å². The fraction of sp³-hybridized carbons (Fsp3) is 0.174. The first kappa shape index (κ1) is 19.8. The first-order chi connectivity index (χ1) is 14.4. The number of fused-ring (bicyclic) bond motifs is 1. The molecule has 2 heterocycles. The number of thiophene rings is 1. The molecule has 6 nitrogen and oxygen atoms in total. The van der Waals surface area contributed by atoms with Gasteiger partial charge in [-0.2, -0.15) is 0 Å². The predicted octanol–water partition coefficient (Wildman–Crippen LogP) is 3.49. The molecule has 2 aromatic heterocycles. The van der Waals surface area contributed by atoms with Gasteiger partial charge in [0.15, 0.2) is 0 Å². The van der Waals surface area contributed by atoms with Crippen LogP contribution < -0.4 is 16.1 Å². The van der Waals surface area contributed by atoms with Crippen LogP contribution >= 0.6 is 11.3 Å². The van der Waals surface area contributed by atoms with Gasteiger partial charge in [-0.1, -0.05) is 24.3 Å². The van der Waals surface area contributed by atoms with Crippen LogP contribution in [0.4, 0.5) is 5.69 Å². The molecule has 2 aromatic carbocycles. The number of anilines is 1. The third-order valence-electron chi connectivity index (χ3n) is 5.07. The second-order valence-corrected chi connectivity index (χ2v) is 8.19. The van der Waals surface area contributed by atoms with Gasteiger partial charge in [-0.25, -0.2) is 9.36 Å². The number of benzene rings is 2. The molecular formula is C23H21N3O3S. The molecule has 0 saturated carbocycles. The van der Waals surface area contributed by atoms with Crippen LogP contribution in [0.3, 0.4) is 0 Å². The van der Waals surface area contributed by atoms with Gasteiger partial charge in [0.05, 0.1) is 11.2 Å². The van der Waals surface area contributed by atoms with Crippen LogP contribution in [0.25, 0.3) is 15.9 Å². The van der Waals surface area contributed by atoms with E-state index < -0.39 is 5.69 Å². The Bertz CT molecular complexity index is 1380. The molecule has 1 amide bonds. The Morgan fingerprint density at radius 2 is 1.70 bits per heavy atom. The summed E-state index contributed by atoms with van der Waals surface area (Å²) >= 11 is 1.27. The summed E-state index contributed by atoms with van der Waals surface area (Å²) in [7, 11) is 1.68. The van der Waals surface area contributed by atoms with Gasteiger partial charge in [-0.05, 0) is 60.7 Å². The van der Waals surface area contributed by atoms with Crippen molar-refractivity contribution in [3.05, 3.63) is 91.9 Å². The van der Waals surface area contributed by atoms with Gasteiger partial charge < -0.3 is 4.90 Å². The molecule has 0 bridgehead atoms. The lowest BCUT2D eigenvalue weighted by molar-refractivity contribution is -0.118. The van der Waals surface area contributed by atoms with E-state index in [0.29, 0.717) is 15.9 Å². The van der Waals surface area contributed by atoms with Crippen molar-refractivity contribution in [2.24, 2.45) is 0 Å². The highest BCUT2D eigenvalue weighted by Gasteiger charge is 2.19. The van der Waals surface area contributed by atoms with E-state index in [0.717, 1.165) is 21.4 Å². The maximum absolute atomic E-state index is 13.3. The lowest BCUT2D eigenvalue weighted by Gasteiger charge is -2.19.